The van der Waals surface area contributed by atoms with Gasteiger partial charge in [-0.3, -0.25) is 19.2 Å². The molecule has 0 saturated carbocycles. The van der Waals surface area contributed by atoms with Gasteiger partial charge in [0.2, 0.25) is 11.8 Å². The van der Waals surface area contributed by atoms with E-state index in [2.05, 4.69) is 10.3 Å². The molecule has 15 heteroatoms. The topological polar surface area (TPSA) is 109 Å². The van der Waals surface area contributed by atoms with Crippen LogP contribution in [0.25, 0.3) is 0 Å². The number of alkyl halides is 3. The van der Waals surface area contributed by atoms with E-state index < -0.39 is 63.7 Å². The molecule has 2 N–H and O–H groups in total. The minimum atomic E-state index is -4.69. The minimum Gasteiger partial charge on any atom is -0.483 e. The molecule has 8 nitrogen and oxygen atoms in total. The molecule has 226 valence electrons. The first-order chi connectivity index (χ1) is 20.9. The molecule has 0 aliphatic carbocycles. The molecule has 3 heterocycles. The van der Waals surface area contributed by atoms with Gasteiger partial charge in [0.25, 0.3) is 5.91 Å². The van der Waals surface area contributed by atoms with Crippen LogP contribution in [-0.2, 0) is 20.6 Å². The average Bonchev–Trinajstić information content (AvgIpc) is 3.46. The van der Waals surface area contributed by atoms with Crippen LogP contribution in [0.5, 0.6) is 5.75 Å². The zero-order valence-corrected chi connectivity index (χ0v) is 25.1. The number of imide groups is 1. The summed E-state index contributed by atoms with van der Waals surface area (Å²) < 4.78 is 46.0. The van der Waals surface area contributed by atoms with E-state index in [4.69, 9.17) is 27.9 Å². The number of aromatic amines is 1. The molecule has 3 aromatic carbocycles. The number of ether oxygens (including phenoxy) is 1. The molecule has 1 saturated heterocycles. The van der Waals surface area contributed by atoms with Crippen LogP contribution in [0.4, 0.5) is 24.5 Å². The van der Waals surface area contributed by atoms with Crippen molar-refractivity contribution in [3.8, 4) is 5.75 Å². The number of halogens is 5. The first-order valence-electron chi connectivity index (χ1n) is 12.8. The van der Waals surface area contributed by atoms with Gasteiger partial charge in [-0.25, -0.2) is 4.90 Å². The summed E-state index contributed by atoms with van der Waals surface area (Å²) in [4.78, 5) is 56.7. The van der Waals surface area contributed by atoms with Crippen LogP contribution >= 0.6 is 46.3 Å². The maximum absolute atomic E-state index is 14.0. The number of thioether (sulfide) groups is 1. The van der Waals surface area contributed by atoms with E-state index >= 15 is 0 Å². The molecule has 0 radical (unpaired) electrons. The number of thiazole rings is 1. The Labute approximate surface area is 265 Å². The number of rotatable bonds is 6. The Hall–Kier alpha value is -3.78. The number of carbonyl (C=O) groups excluding carboxylic acids is 3. The number of fused-ring (bicyclic) bond motifs is 2. The van der Waals surface area contributed by atoms with E-state index in [-0.39, 0.29) is 10.8 Å². The van der Waals surface area contributed by atoms with Crippen molar-refractivity contribution in [3.63, 3.8) is 0 Å². The Morgan fingerprint density at radius 2 is 1.68 bits per heavy atom. The number of nitrogens with one attached hydrogen (secondary N) is 2. The largest absolute Gasteiger partial charge is 0.483 e. The number of aromatic nitrogens is 1. The lowest BCUT2D eigenvalue weighted by Gasteiger charge is -2.31. The molecule has 3 unspecified atom stereocenters. The Morgan fingerprint density at radius 3 is 2.41 bits per heavy atom. The molecule has 6 rings (SSSR count). The summed E-state index contributed by atoms with van der Waals surface area (Å²) in [6.07, 6.45) is -4.69. The quantitative estimate of drug-likeness (QED) is 0.223. The molecule has 3 amide bonds. The fourth-order valence-corrected chi connectivity index (χ4v) is 8.07. The SMILES string of the molecule is O=C(COc1ccc(Cl)cc1C1c2sc(=O)[nH]c2SC2C(=O)N(c3ccc(Cl)cc3)C(=O)C21)Nc1ccccc1C(F)(F)F. The maximum Gasteiger partial charge on any atom is 0.418 e. The van der Waals surface area contributed by atoms with Crippen molar-refractivity contribution in [3.05, 3.63) is 102 Å². The molecule has 1 aromatic heterocycles. The number of hydrogen-bond acceptors (Lipinski definition) is 7. The summed E-state index contributed by atoms with van der Waals surface area (Å²) in [6.45, 7) is -0.684. The molecule has 2 aliphatic heterocycles. The maximum atomic E-state index is 14.0. The monoisotopic (exact) mass is 679 g/mol. The molecule has 44 heavy (non-hydrogen) atoms. The molecule has 4 aromatic rings. The molecule has 0 spiro atoms. The molecule has 2 aliphatic rings. The number of carbonyl (C=O) groups is 3. The van der Waals surface area contributed by atoms with Crippen LogP contribution in [-0.4, -0.2) is 34.6 Å². The van der Waals surface area contributed by atoms with Gasteiger partial charge in [0.15, 0.2) is 6.61 Å². The number of anilines is 2. The van der Waals surface area contributed by atoms with E-state index in [1.807, 2.05) is 0 Å². The molecule has 0 bridgehead atoms. The first kappa shape index (κ1) is 30.3. The predicted octanol–water partition coefficient (Wildman–Crippen LogP) is 6.58. The van der Waals surface area contributed by atoms with Crippen molar-refractivity contribution in [1.82, 2.24) is 4.98 Å². The fraction of sp³-hybridized carbons (Fsp3) is 0.172. The third-order valence-electron chi connectivity index (χ3n) is 7.08. The molecule has 1 fully saturated rings. The summed E-state index contributed by atoms with van der Waals surface area (Å²) in [5, 5.41) is 2.40. The second-order valence-electron chi connectivity index (χ2n) is 9.80. The van der Waals surface area contributed by atoms with Crippen molar-refractivity contribution >= 4 is 75.4 Å². The van der Waals surface area contributed by atoms with E-state index in [1.165, 1.54) is 30.3 Å². The van der Waals surface area contributed by atoms with Gasteiger partial charge in [-0.2, -0.15) is 13.2 Å². The van der Waals surface area contributed by atoms with Crippen molar-refractivity contribution < 1.29 is 32.3 Å². The standard InChI is InChI=1S/C29H18Cl2F3N3O5S2/c30-13-5-8-15(9-6-13)37-26(39)22-21(23-25(36-28(41)44-23)43-24(22)27(37)40)16-11-14(31)7-10-19(16)42-12-20(38)35-18-4-2-1-3-17(18)29(32,33)34/h1-11,21-22,24H,12H2,(H,35,38)(H,36,41). The lowest BCUT2D eigenvalue weighted by Crippen LogP contribution is -2.32. The lowest BCUT2D eigenvalue weighted by molar-refractivity contribution is -0.137. The van der Waals surface area contributed by atoms with Gasteiger partial charge in [-0.1, -0.05) is 58.4 Å². The Balaban J connectivity index is 1.34. The van der Waals surface area contributed by atoms with Crippen LogP contribution < -0.4 is 19.8 Å². The van der Waals surface area contributed by atoms with Gasteiger partial charge < -0.3 is 15.0 Å². The number of nitrogens with zero attached hydrogens (tertiary/aromatic N) is 1. The first-order valence-corrected chi connectivity index (χ1v) is 15.3. The van der Waals surface area contributed by atoms with Gasteiger partial charge in [0.1, 0.15) is 11.0 Å². The highest BCUT2D eigenvalue weighted by molar-refractivity contribution is 8.00. The second-order valence-corrected chi connectivity index (χ2v) is 12.8. The number of para-hydroxylation sites is 1. The molecule has 3 atom stereocenters. The van der Waals surface area contributed by atoms with Crippen molar-refractivity contribution in [1.29, 1.82) is 0 Å². The zero-order chi connectivity index (χ0) is 31.3. The van der Waals surface area contributed by atoms with Gasteiger partial charge in [-0.05, 0) is 54.6 Å². The second kappa shape index (κ2) is 11.6. The van der Waals surface area contributed by atoms with Gasteiger partial charge in [-0.15, -0.1) is 0 Å². The van der Waals surface area contributed by atoms with Crippen molar-refractivity contribution in [2.75, 3.05) is 16.8 Å². The Kier molecular flexibility index (Phi) is 7.99. The summed E-state index contributed by atoms with van der Waals surface area (Å²) in [6, 6.07) is 15.2. The summed E-state index contributed by atoms with van der Waals surface area (Å²) in [5.74, 6) is -3.62. The zero-order valence-electron chi connectivity index (χ0n) is 22.0. The van der Waals surface area contributed by atoms with E-state index in [0.717, 1.165) is 40.1 Å². The normalized spacial score (nSPS) is 19.5. The van der Waals surface area contributed by atoms with Gasteiger partial charge in [0, 0.05) is 26.4 Å². The lowest BCUT2D eigenvalue weighted by atomic mass is 9.82. The predicted molar refractivity (Wildman–Crippen MR) is 161 cm³/mol. The van der Waals surface area contributed by atoms with Gasteiger partial charge >= 0.3 is 11.0 Å². The number of hydrogen-bond donors (Lipinski definition) is 2. The Morgan fingerprint density at radius 1 is 0.977 bits per heavy atom. The van der Waals surface area contributed by atoms with E-state index in [1.54, 1.807) is 24.3 Å². The van der Waals surface area contributed by atoms with Crippen molar-refractivity contribution in [2.45, 2.75) is 22.4 Å². The van der Waals surface area contributed by atoms with Gasteiger partial charge in [0.05, 0.1) is 27.9 Å². The highest BCUT2D eigenvalue weighted by atomic mass is 35.5. The average molecular weight is 681 g/mol. The van der Waals surface area contributed by atoms with Crippen LogP contribution in [0.1, 0.15) is 21.9 Å². The van der Waals surface area contributed by atoms with E-state index in [0.29, 0.717) is 26.2 Å². The minimum absolute atomic E-state index is 0.0984. The number of H-pyrrole nitrogens is 1. The molecular formula is C29H18Cl2F3N3O5S2. The molecular weight excluding hydrogens is 662 g/mol. The van der Waals surface area contributed by atoms with E-state index in [9.17, 15) is 32.3 Å². The van der Waals surface area contributed by atoms with Crippen LogP contribution in [0.3, 0.4) is 0 Å². The van der Waals surface area contributed by atoms with Crippen LogP contribution in [0.15, 0.2) is 76.6 Å². The number of amides is 3. The summed E-state index contributed by atoms with van der Waals surface area (Å²) >= 11 is 14.3. The van der Waals surface area contributed by atoms with Crippen LogP contribution in [0.2, 0.25) is 10.0 Å². The van der Waals surface area contributed by atoms with Crippen molar-refractivity contribution in [2.24, 2.45) is 5.92 Å². The smallest absolute Gasteiger partial charge is 0.418 e. The summed E-state index contributed by atoms with van der Waals surface area (Å²) in [5.41, 5.74) is -0.799. The third kappa shape index (κ3) is 5.60. The number of benzene rings is 3. The Bertz CT molecular complexity index is 1860. The third-order valence-corrected chi connectivity index (χ3v) is 9.97. The van der Waals surface area contributed by atoms with Crippen LogP contribution in [0, 0.1) is 5.92 Å². The highest BCUT2D eigenvalue weighted by Crippen LogP contribution is 2.54. The fourth-order valence-electron chi connectivity index (χ4n) is 5.26. The summed E-state index contributed by atoms with van der Waals surface area (Å²) in [7, 11) is 0. The highest BCUT2D eigenvalue weighted by Gasteiger charge is 2.57.